The zero-order valence-corrected chi connectivity index (χ0v) is 15.3. The van der Waals surface area contributed by atoms with E-state index >= 15 is 0 Å². The van der Waals surface area contributed by atoms with Crippen LogP contribution in [0.1, 0.15) is 35.0 Å². The van der Waals surface area contributed by atoms with Crippen LogP contribution in [0.3, 0.4) is 0 Å². The highest BCUT2D eigenvalue weighted by Crippen LogP contribution is 2.16. The number of aromatic nitrogens is 1. The Morgan fingerprint density at radius 3 is 2.85 bits per heavy atom. The van der Waals surface area contributed by atoms with Crippen molar-refractivity contribution in [3.63, 3.8) is 0 Å². The zero-order chi connectivity index (χ0) is 18.7. The molecule has 1 aliphatic rings. The predicted molar refractivity (Wildman–Crippen MR) is 93.1 cm³/mol. The topological polar surface area (TPSA) is 101 Å². The minimum Gasteiger partial charge on any atom is -0.465 e. The fourth-order valence-electron chi connectivity index (χ4n) is 3.13. The lowest BCUT2D eigenvalue weighted by atomic mass is 10.1. The Balaban J connectivity index is 1.60. The van der Waals surface area contributed by atoms with Crippen molar-refractivity contribution in [3.05, 3.63) is 40.7 Å². The average Bonchev–Trinajstić information content (AvgIpc) is 3.14. The highest BCUT2D eigenvalue weighted by Gasteiger charge is 2.32. The molecule has 1 saturated heterocycles. The molecule has 2 N–H and O–H groups in total. The van der Waals surface area contributed by atoms with Gasteiger partial charge in [0.15, 0.2) is 0 Å². The fraction of sp³-hybridized carbons (Fsp3) is 0.500. The molecule has 0 aliphatic carbocycles. The van der Waals surface area contributed by atoms with Crippen molar-refractivity contribution >= 4 is 11.8 Å². The number of hydrogen-bond donors (Lipinski definition) is 2. The largest absolute Gasteiger partial charge is 0.465 e. The smallest absolute Gasteiger partial charge is 0.237 e. The van der Waals surface area contributed by atoms with Crippen molar-refractivity contribution in [2.24, 2.45) is 0 Å². The Labute approximate surface area is 151 Å². The molecule has 1 atom stereocenters. The van der Waals surface area contributed by atoms with Crippen LogP contribution in [-0.2, 0) is 22.7 Å². The molecule has 1 unspecified atom stereocenters. The first-order valence-electron chi connectivity index (χ1n) is 8.69. The summed E-state index contributed by atoms with van der Waals surface area (Å²) in [6.45, 7) is 7.60. The number of nitrogens with zero attached hydrogens (tertiary/aromatic N) is 2. The summed E-state index contributed by atoms with van der Waals surface area (Å²) in [7, 11) is 0. The van der Waals surface area contributed by atoms with Gasteiger partial charge in [0, 0.05) is 25.2 Å². The van der Waals surface area contributed by atoms with Crippen LogP contribution in [0, 0.1) is 20.8 Å². The van der Waals surface area contributed by atoms with Gasteiger partial charge in [-0.15, -0.1) is 0 Å². The van der Waals surface area contributed by atoms with Crippen molar-refractivity contribution in [1.29, 1.82) is 0 Å². The third kappa shape index (κ3) is 4.13. The summed E-state index contributed by atoms with van der Waals surface area (Å²) in [5.41, 5.74) is 1.63. The first-order chi connectivity index (χ1) is 12.4. The van der Waals surface area contributed by atoms with Gasteiger partial charge < -0.3 is 19.6 Å². The van der Waals surface area contributed by atoms with E-state index in [9.17, 15) is 9.59 Å². The maximum Gasteiger partial charge on any atom is 0.237 e. The first kappa shape index (κ1) is 18.2. The number of hydrogen-bond acceptors (Lipinski definition) is 6. The zero-order valence-electron chi connectivity index (χ0n) is 15.3. The quantitative estimate of drug-likeness (QED) is 0.803. The fourth-order valence-corrected chi connectivity index (χ4v) is 3.13. The number of amides is 2. The average molecular weight is 360 g/mol. The summed E-state index contributed by atoms with van der Waals surface area (Å²) in [4.78, 5) is 26.7. The molecule has 26 heavy (non-hydrogen) atoms. The van der Waals surface area contributed by atoms with Crippen molar-refractivity contribution in [2.75, 3.05) is 13.1 Å². The van der Waals surface area contributed by atoms with Gasteiger partial charge in [-0.05, 0) is 32.9 Å². The van der Waals surface area contributed by atoms with Gasteiger partial charge in [-0.3, -0.25) is 14.5 Å². The molecule has 140 valence electrons. The van der Waals surface area contributed by atoms with Crippen molar-refractivity contribution in [3.8, 4) is 0 Å². The minimum absolute atomic E-state index is 0.0922. The maximum absolute atomic E-state index is 12.4. The number of carbonyl (C=O) groups excluding carboxylic acids is 2. The first-order valence-corrected chi connectivity index (χ1v) is 8.69. The third-order valence-electron chi connectivity index (χ3n) is 4.62. The molecule has 0 aromatic carbocycles. The summed E-state index contributed by atoms with van der Waals surface area (Å²) < 4.78 is 10.7. The van der Waals surface area contributed by atoms with Gasteiger partial charge in [0.2, 0.25) is 11.8 Å². The minimum atomic E-state index is -0.515. The molecule has 3 rings (SSSR count). The van der Waals surface area contributed by atoms with E-state index < -0.39 is 6.04 Å². The van der Waals surface area contributed by atoms with E-state index in [0.717, 1.165) is 22.8 Å². The number of rotatable bonds is 6. The molecular weight excluding hydrogens is 336 g/mol. The van der Waals surface area contributed by atoms with Crippen LogP contribution in [0.25, 0.3) is 0 Å². The van der Waals surface area contributed by atoms with Gasteiger partial charge in [-0.2, -0.15) is 0 Å². The Morgan fingerprint density at radius 1 is 1.38 bits per heavy atom. The molecule has 0 spiro atoms. The van der Waals surface area contributed by atoms with E-state index in [1.54, 1.807) is 0 Å². The predicted octanol–water partition coefficient (Wildman–Crippen LogP) is 1.20. The van der Waals surface area contributed by atoms with Crippen LogP contribution in [0.15, 0.2) is 21.1 Å². The second kappa shape index (κ2) is 7.74. The van der Waals surface area contributed by atoms with Crippen LogP contribution in [0.2, 0.25) is 0 Å². The van der Waals surface area contributed by atoms with Crippen LogP contribution >= 0.6 is 0 Å². The third-order valence-corrected chi connectivity index (χ3v) is 4.62. The van der Waals surface area contributed by atoms with Crippen molar-refractivity contribution < 1.29 is 18.5 Å². The number of piperazine rings is 1. The highest BCUT2D eigenvalue weighted by atomic mass is 16.5. The Bertz CT molecular complexity index is 775. The number of carbonyl (C=O) groups is 2. The molecule has 8 nitrogen and oxygen atoms in total. The summed E-state index contributed by atoms with van der Waals surface area (Å²) >= 11 is 0. The summed E-state index contributed by atoms with van der Waals surface area (Å²) in [5.74, 6) is 1.99. The Hall–Kier alpha value is -2.61. The van der Waals surface area contributed by atoms with E-state index in [4.69, 9.17) is 8.94 Å². The maximum atomic E-state index is 12.4. The lowest BCUT2D eigenvalue weighted by Gasteiger charge is -2.34. The molecule has 3 heterocycles. The lowest BCUT2D eigenvalue weighted by molar-refractivity contribution is -0.134. The number of aryl methyl sites for hydroxylation is 3. The van der Waals surface area contributed by atoms with Gasteiger partial charge in [0.1, 0.15) is 17.3 Å². The molecule has 2 amide bonds. The molecule has 2 aromatic rings. The standard InChI is InChI=1S/C18H24N4O4/c1-11-4-5-14(25-11)10-22-7-6-19-18(24)16(22)8-17(23)20-9-15-12(2)21-26-13(15)3/h4-5,16H,6-10H2,1-3H3,(H,19,24)(H,20,23). The van der Waals surface area contributed by atoms with Gasteiger partial charge in [-0.25, -0.2) is 0 Å². The molecule has 1 aliphatic heterocycles. The summed E-state index contributed by atoms with van der Waals surface area (Å²) in [5, 5.41) is 9.56. The number of furan rings is 1. The Kier molecular flexibility index (Phi) is 5.41. The van der Waals surface area contributed by atoms with Crippen molar-refractivity contribution in [2.45, 2.75) is 46.3 Å². The highest BCUT2D eigenvalue weighted by molar-refractivity contribution is 5.88. The molecule has 0 bridgehead atoms. The van der Waals surface area contributed by atoms with E-state index in [1.165, 1.54) is 0 Å². The molecular formula is C18H24N4O4. The van der Waals surface area contributed by atoms with E-state index in [0.29, 0.717) is 31.9 Å². The Morgan fingerprint density at radius 2 is 2.19 bits per heavy atom. The molecule has 0 saturated carbocycles. The second-order valence-corrected chi connectivity index (χ2v) is 6.57. The van der Waals surface area contributed by atoms with Gasteiger partial charge in [0.25, 0.3) is 0 Å². The van der Waals surface area contributed by atoms with E-state index in [2.05, 4.69) is 15.8 Å². The molecule has 2 aromatic heterocycles. The lowest BCUT2D eigenvalue weighted by Crippen LogP contribution is -2.56. The van der Waals surface area contributed by atoms with Gasteiger partial charge in [-0.1, -0.05) is 5.16 Å². The second-order valence-electron chi connectivity index (χ2n) is 6.57. The molecule has 0 radical (unpaired) electrons. The molecule has 8 heteroatoms. The van der Waals surface area contributed by atoms with E-state index in [1.807, 2.05) is 37.8 Å². The van der Waals surface area contributed by atoms with Gasteiger partial charge >= 0.3 is 0 Å². The molecule has 1 fully saturated rings. The monoisotopic (exact) mass is 360 g/mol. The van der Waals surface area contributed by atoms with Gasteiger partial charge in [0.05, 0.1) is 24.7 Å². The number of nitrogens with one attached hydrogen (secondary N) is 2. The summed E-state index contributed by atoms with van der Waals surface area (Å²) in [6.07, 6.45) is 0.0922. The normalized spacial score (nSPS) is 18.0. The van der Waals surface area contributed by atoms with Crippen LogP contribution in [0.5, 0.6) is 0 Å². The van der Waals surface area contributed by atoms with Crippen LogP contribution < -0.4 is 10.6 Å². The summed E-state index contributed by atoms with van der Waals surface area (Å²) in [6, 6.07) is 3.28. The van der Waals surface area contributed by atoms with E-state index in [-0.39, 0.29) is 18.2 Å². The van der Waals surface area contributed by atoms with Crippen LogP contribution in [0.4, 0.5) is 0 Å². The van der Waals surface area contributed by atoms with Crippen molar-refractivity contribution in [1.82, 2.24) is 20.7 Å². The van der Waals surface area contributed by atoms with Crippen LogP contribution in [-0.4, -0.2) is 41.0 Å². The SMILES string of the molecule is Cc1ccc(CN2CCNC(=O)C2CC(=O)NCc2c(C)noc2C)o1.